The van der Waals surface area contributed by atoms with E-state index in [4.69, 9.17) is 16.2 Å². The first-order valence-electron chi connectivity index (χ1n) is 12.1. The maximum absolute atomic E-state index is 6.82. The fourth-order valence-electron chi connectivity index (χ4n) is 6.23. The second kappa shape index (κ2) is 7.40. The topological polar surface area (TPSA) is 73.3 Å². The van der Waals surface area contributed by atoms with Crippen LogP contribution in [-0.2, 0) is 5.41 Å². The highest BCUT2D eigenvalue weighted by Gasteiger charge is 2.51. The Morgan fingerprint density at radius 2 is 1.31 bits per heavy atom. The lowest BCUT2D eigenvalue weighted by Crippen LogP contribution is -2.34. The van der Waals surface area contributed by atoms with E-state index in [1.54, 1.807) is 7.11 Å². The molecule has 4 heteroatoms. The molecular formula is C32H25N3O. The van der Waals surface area contributed by atoms with Crippen molar-refractivity contribution < 1.29 is 4.74 Å². The van der Waals surface area contributed by atoms with Crippen molar-refractivity contribution in [1.29, 1.82) is 0 Å². The van der Waals surface area contributed by atoms with Crippen LogP contribution in [0.3, 0.4) is 0 Å². The third kappa shape index (κ3) is 2.58. The van der Waals surface area contributed by atoms with Crippen LogP contribution < -0.4 is 21.5 Å². The van der Waals surface area contributed by atoms with Crippen LogP contribution in [0.1, 0.15) is 22.3 Å². The average Bonchev–Trinajstić information content (AvgIpc) is 3.19. The van der Waals surface area contributed by atoms with Crippen molar-refractivity contribution in [2.45, 2.75) is 5.41 Å². The molecule has 0 amide bonds. The van der Waals surface area contributed by atoms with Gasteiger partial charge in [-0.3, -0.25) is 0 Å². The number of nitrogens with one attached hydrogen (secondary N) is 1. The number of methoxy groups -OCH3 is 1. The van der Waals surface area contributed by atoms with Gasteiger partial charge in [0.2, 0.25) is 0 Å². The Labute approximate surface area is 210 Å². The van der Waals surface area contributed by atoms with Crippen LogP contribution in [0.2, 0.25) is 0 Å². The molecule has 5 aromatic carbocycles. The number of nitrogen functional groups attached to an aromatic ring is 2. The maximum Gasteiger partial charge on any atom is 0.118 e. The molecule has 1 heterocycles. The molecule has 0 fully saturated rings. The molecule has 36 heavy (non-hydrogen) atoms. The van der Waals surface area contributed by atoms with Crippen LogP contribution in [0.5, 0.6) is 5.75 Å². The first-order chi connectivity index (χ1) is 17.6. The number of rotatable bonds is 2. The second-order valence-corrected chi connectivity index (χ2v) is 9.45. The molecule has 0 aromatic heterocycles. The summed E-state index contributed by atoms with van der Waals surface area (Å²) in [5.41, 5.74) is 25.5. The summed E-state index contributed by atoms with van der Waals surface area (Å²) in [6.07, 6.45) is 0. The van der Waals surface area contributed by atoms with Gasteiger partial charge in [0.15, 0.2) is 0 Å². The average molecular weight is 468 g/mol. The summed E-state index contributed by atoms with van der Waals surface area (Å²) in [7, 11) is 1.68. The molecule has 1 aliphatic heterocycles. The lowest BCUT2D eigenvalue weighted by molar-refractivity contribution is 0.415. The van der Waals surface area contributed by atoms with Crippen molar-refractivity contribution >= 4 is 22.7 Å². The molecule has 0 saturated carbocycles. The Bertz CT molecular complexity index is 1620. The van der Waals surface area contributed by atoms with Crippen molar-refractivity contribution in [2.24, 2.45) is 0 Å². The molecule has 0 bridgehead atoms. The summed E-state index contributed by atoms with van der Waals surface area (Å²) in [5.74, 6) is 0.813. The minimum absolute atomic E-state index is 0.580. The first-order valence-corrected chi connectivity index (χ1v) is 12.1. The zero-order valence-corrected chi connectivity index (χ0v) is 19.9. The van der Waals surface area contributed by atoms with E-state index >= 15 is 0 Å². The summed E-state index contributed by atoms with van der Waals surface area (Å²) >= 11 is 0. The van der Waals surface area contributed by atoms with E-state index in [1.165, 1.54) is 33.4 Å². The monoisotopic (exact) mass is 467 g/mol. The van der Waals surface area contributed by atoms with Crippen LogP contribution in [0, 0.1) is 0 Å². The van der Waals surface area contributed by atoms with Crippen LogP contribution in [0.25, 0.3) is 22.3 Å². The predicted octanol–water partition coefficient (Wildman–Crippen LogP) is 6.95. The SMILES string of the molecule is COc1ccc(-c2c(N)ccc3c2C2(c4ccccc4Nc4ccccc42)c2cc(N)ccc2-3)cc1. The van der Waals surface area contributed by atoms with Crippen LogP contribution in [-0.4, -0.2) is 7.11 Å². The van der Waals surface area contributed by atoms with Crippen LogP contribution in [0.4, 0.5) is 22.7 Å². The Kier molecular flexibility index (Phi) is 4.24. The number of nitrogens with two attached hydrogens (primary N) is 2. The first kappa shape index (κ1) is 20.7. The van der Waals surface area contributed by atoms with Gasteiger partial charge in [0, 0.05) is 28.3 Å². The van der Waals surface area contributed by atoms with E-state index in [0.717, 1.165) is 39.6 Å². The summed E-state index contributed by atoms with van der Waals surface area (Å²) in [6.45, 7) is 0. The number of benzene rings is 5. The highest BCUT2D eigenvalue weighted by Crippen LogP contribution is 2.63. The Balaban J connectivity index is 1.69. The zero-order chi connectivity index (χ0) is 24.4. The summed E-state index contributed by atoms with van der Waals surface area (Å²) < 4.78 is 5.44. The summed E-state index contributed by atoms with van der Waals surface area (Å²) in [5, 5.41) is 3.68. The number of ether oxygens (including phenoxy) is 1. The Morgan fingerprint density at radius 3 is 1.97 bits per heavy atom. The molecule has 1 aliphatic carbocycles. The van der Waals surface area contributed by atoms with Gasteiger partial charge >= 0.3 is 0 Å². The molecule has 0 saturated heterocycles. The number of anilines is 4. The zero-order valence-electron chi connectivity index (χ0n) is 19.9. The van der Waals surface area contributed by atoms with Crippen molar-refractivity contribution in [3.63, 3.8) is 0 Å². The molecule has 2 aliphatic rings. The van der Waals surface area contributed by atoms with E-state index in [1.807, 2.05) is 24.3 Å². The van der Waals surface area contributed by atoms with E-state index in [-0.39, 0.29) is 0 Å². The van der Waals surface area contributed by atoms with Crippen molar-refractivity contribution in [2.75, 3.05) is 23.9 Å². The van der Waals surface area contributed by atoms with Gasteiger partial charge in [0.1, 0.15) is 5.75 Å². The van der Waals surface area contributed by atoms with Gasteiger partial charge in [0.05, 0.1) is 12.5 Å². The Hall–Kier alpha value is -4.70. The molecule has 5 N–H and O–H groups in total. The van der Waals surface area contributed by atoms with Crippen LogP contribution in [0.15, 0.2) is 103 Å². The van der Waals surface area contributed by atoms with Gasteiger partial charge in [-0.25, -0.2) is 0 Å². The molecule has 0 unspecified atom stereocenters. The van der Waals surface area contributed by atoms with Gasteiger partial charge in [-0.2, -0.15) is 0 Å². The summed E-state index contributed by atoms with van der Waals surface area (Å²) in [4.78, 5) is 0. The standard InChI is InChI=1S/C32H25N3O/c1-36-21-13-10-19(11-14-21)30-27(34)17-16-23-22-15-12-20(33)18-26(22)32(31(23)30)24-6-2-4-8-28(24)35-29-9-5-3-7-25(29)32/h2-18,35H,33-34H2,1H3. The lowest BCUT2D eigenvalue weighted by Gasteiger charge is -2.41. The van der Waals surface area contributed by atoms with E-state index < -0.39 is 5.41 Å². The highest BCUT2D eigenvalue weighted by atomic mass is 16.5. The maximum atomic E-state index is 6.82. The summed E-state index contributed by atoms with van der Waals surface area (Å²) in [6, 6.07) is 35.8. The van der Waals surface area contributed by atoms with E-state index in [0.29, 0.717) is 0 Å². The number of hydrogen-bond donors (Lipinski definition) is 3. The van der Waals surface area contributed by atoms with Gasteiger partial charge in [0.25, 0.3) is 0 Å². The van der Waals surface area contributed by atoms with Crippen molar-refractivity contribution in [3.05, 3.63) is 125 Å². The number of hydrogen-bond acceptors (Lipinski definition) is 4. The Morgan fingerprint density at radius 1 is 0.667 bits per heavy atom. The highest BCUT2D eigenvalue weighted by molar-refractivity contribution is 6.00. The molecule has 0 radical (unpaired) electrons. The largest absolute Gasteiger partial charge is 0.497 e. The predicted molar refractivity (Wildman–Crippen MR) is 148 cm³/mol. The third-order valence-electron chi connectivity index (χ3n) is 7.66. The molecule has 4 nitrogen and oxygen atoms in total. The normalized spacial score (nSPS) is 13.8. The molecular weight excluding hydrogens is 442 g/mol. The van der Waals surface area contributed by atoms with Crippen molar-refractivity contribution in [1.82, 2.24) is 0 Å². The third-order valence-corrected chi connectivity index (χ3v) is 7.66. The molecule has 174 valence electrons. The van der Waals surface area contributed by atoms with Gasteiger partial charge in [-0.05, 0) is 81.4 Å². The van der Waals surface area contributed by atoms with E-state index in [2.05, 4.69) is 84.2 Å². The van der Waals surface area contributed by atoms with Gasteiger partial charge in [-0.15, -0.1) is 0 Å². The van der Waals surface area contributed by atoms with Crippen molar-refractivity contribution in [3.8, 4) is 28.0 Å². The number of fused-ring (bicyclic) bond motifs is 9. The minimum Gasteiger partial charge on any atom is -0.497 e. The van der Waals surface area contributed by atoms with Gasteiger partial charge < -0.3 is 21.5 Å². The molecule has 7 rings (SSSR count). The number of para-hydroxylation sites is 2. The molecule has 5 aromatic rings. The van der Waals surface area contributed by atoms with Crippen LogP contribution >= 0.6 is 0 Å². The fourth-order valence-corrected chi connectivity index (χ4v) is 6.23. The second-order valence-electron chi connectivity index (χ2n) is 9.45. The quantitative estimate of drug-likeness (QED) is 0.241. The lowest BCUT2D eigenvalue weighted by atomic mass is 9.63. The minimum atomic E-state index is -0.580. The van der Waals surface area contributed by atoms with Gasteiger partial charge in [-0.1, -0.05) is 60.7 Å². The fraction of sp³-hybridized carbons (Fsp3) is 0.0625. The molecule has 0 atom stereocenters. The van der Waals surface area contributed by atoms with E-state index in [9.17, 15) is 0 Å². The molecule has 1 spiro atoms. The smallest absolute Gasteiger partial charge is 0.118 e.